The Morgan fingerprint density at radius 2 is 1.71 bits per heavy atom. The topological polar surface area (TPSA) is 21.1 Å². The molecule has 3 heterocycles. The van der Waals surface area contributed by atoms with Crippen LogP contribution >= 0.6 is 12.4 Å². The van der Waals surface area contributed by atoms with Gasteiger partial charge >= 0.3 is 6.18 Å². The van der Waals surface area contributed by atoms with Gasteiger partial charge in [0.15, 0.2) is 0 Å². The third-order valence-corrected chi connectivity index (χ3v) is 6.75. The first kappa shape index (κ1) is 22.2. The number of rotatable bonds is 3. The van der Waals surface area contributed by atoms with Crippen LogP contribution in [0.2, 0.25) is 0 Å². The zero-order valence-electron chi connectivity index (χ0n) is 17.3. The molecule has 0 radical (unpaired) electrons. The molecule has 7 heteroatoms. The Kier molecular flexibility index (Phi) is 6.31. The van der Waals surface area contributed by atoms with Gasteiger partial charge in [-0.25, -0.2) is 4.98 Å². The third-order valence-electron chi connectivity index (χ3n) is 6.75. The van der Waals surface area contributed by atoms with Gasteiger partial charge in [-0.15, -0.1) is 12.4 Å². The molecular weight excluding hydrogens is 423 g/mol. The van der Waals surface area contributed by atoms with Gasteiger partial charge in [0, 0.05) is 18.2 Å². The number of imidazole rings is 1. The summed E-state index contributed by atoms with van der Waals surface area (Å²) in [6, 6.07) is 14.3. The number of fused-ring (bicyclic) bond motifs is 2. The van der Waals surface area contributed by atoms with E-state index in [9.17, 15) is 13.2 Å². The Bertz CT molecular complexity index is 1030. The van der Waals surface area contributed by atoms with Crippen LogP contribution in [0, 0.1) is 5.92 Å². The number of nitrogens with zero attached hydrogens (tertiary/aromatic N) is 3. The number of benzene rings is 2. The molecule has 2 aromatic carbocycles. The van der Waals surface area contributed by atoms with Gasteiger partial charge in [-0.1, -0.05) is 36.8 Å². The van der Waals surface area contributed by atoms with Crippen molar-refractivity contribution in [2.24, 2.45) is 5.92 Å². The molecule has 5 rings (SSSR count). The molecular formula is C24H27ClF3N3. The summed E-state index contributed by atoms with van der Waals surface area (Å²) in [4.78, 5) is 7.30. The fourth-order valence-electron chi connectivity index (χ4n) is 5.32. The lowest BCUT2D eigenvalue weighted by atomic mass is 9.83. The molecule has 2 fully saturated rings. The van der Waals surface area contributed by atoms with Gasteiger partial charge in [-0.2, -0.15) is 13.2 Å². The second-order valence-corrected chi connectivity index (χ2v) is 8.61. The van der Waals surface area contributed by atoms with Crippen LogP contribution in [0.15, 0.2) is 48.5 Å². The predicted octanol–water partition coefficient (Wildman–Crippen LogP) is 6.41. The van der Waals surface area contributed by atoms with E-state index in [-0.39, 0.29) is 12.4 Å². The van der Waals surface area contributed by atoms with Crippen molar-refractivity contribution >= 4 is 23.4 Å². The molecule has 0 N–H and O–H groups in total. The monoisotopic (exact) mass is 449 g/mol. The lowest BCUT2D eigenvalue weighted by Gasteiger charge is -2.44. The van der Waals surface area contributed by atoms with E-state index in [1.165, 1.54) is 50.9 Å². The van der Waals surface area contributed by atoms with Gasteiger partial charge in [0.25, 0.3) is 0 Å². The SMILES string of the molecule is Cl.FC(F)(F)c1ccc2c(c1)nc(-c1ccccc1)n2C[C@H]1CCCN2CCCCC12. The first-order chi connectivity index (χ1) is 14.5. The number of piperidine rings is 2. The molecule has 0 bridgehead atoms. The summed E-state index contributed by atoms with van der Waals surface area (Å²) in [6.45, 7) is 3.14. The van der Waals surface area contributed by atoms with Crippen LogP contribution < -0.4 is 0 Å². The minimum absolute atomic E-state index is 0. The molecule has 0 saturated carbocycles. The number of hydrogen-bond donors (Lipinski definition) is 0. The smallest absolute Gasteiger partial charge is 0.324 e. The van der Waals surface area contributed by atoms with Crippen molar-refractivity contribution in [2.45, 2.75) is 50.9 Å². The molecule has 0 amide bonds. The highest BCUT2D eigenvalue weighted by molar-refractivity contribution is 5.85. The number of hydrogen-bond acceptors (Lipinski definition) is 2. The highest BCUT2D eigenvalue weighted by atomic mass is 35.5. The largest absolute Gasteiger partial charge is 0.416 e. The standard InChI is InChI=1S/C24H26F3N3.ClH/c25-24(26,27)19-11-12-22-20(15-19)28-23(17-7-2-1-3-8-17)30(22)16-18-9-6-14-29-13-5-4-10-21(18)29;/h1-3,7-8,11-12,15,18,21H,4-6,9-10,13-14,16H2;1H/t18-,21?;/m1./s1. The first-order valence-electron chi connectivity index (χ1n) is 10.9. The molecule has 0 aliphatic carbocycles. The zero-order valence-corrected chi connectivity index (χ0v) is 18.1. The minimum Gasteiger partial charge on any atom is -0.324 e. The Morgan fingerprint density at radius 1 is 0.935 bits per heavy atom. The molecule has 2 saturated heterocycles. The Hall–Kier alpha value is -2.05. The van der Waals surface area contributed by atoms with Crippen LogP contribution in [0.4, 0.5) is 13.2 Å². The average Bonchev–Trinajstić information content (AvgIpc) is 3.12. The van der Waals surface area contributed by atoms with E-state index >= 15 is 0 Å². The summed E-state index contributed by atoms with van der Waals surface area (Å²) in [5.74, 6) is 1.26. The van der Waals surface area contributed by atoms with Crippen LogP contribution in [-0.2, 0) is 12.7 Å². The Balaban J connectivity index is 0.00000231. The third kappa shape index (κ3) is 4.33. The van der Waals surface area contributed by atoms with E-state index in [0.29, 0.717) is 17.5 Å². The highest BCUT2D eigenvalue weighted by Crippen LogP contribution is 2.36. The Morgan fingerprint density at radius 3 is 2.48 bits per heavy atom. The van der Waals surface area contributed by atoms with Crippen molar-refractivity contribution in [1.82, 2.24) is 14.5 Å². The summed E-state index contributed by atoms with van der Waals surface area (Å²) in [6.07, 6.45) is 1.74. The van der Waals surface area contributed by atoms with E-state index in [1.54, 1.807) is 6.07 Å². The Labute approximate surface area is 186 Å². The fraction of sp³-hybridized carbons (Fsp3) is 0.458. The maximum atomic E-state index is 13.3. The average molecular weight is 450 g/mol. The van der Waals surface area contributed by atoms with Gasteiger partial charge in [-0.3, -0.25) is 0 Å². The molecule has 2 aliphatic rings. The van der Waals surface area contributed by atoms with Gasteiger partial charge in [0.1, 0.15) is 5.82 Å². The molecule has 2 atom stereocenters. The second kappa shape index (κ2) is 8.83. The maximum absolute atomic E-state index is 13.3. The van der Waals surface area contributed by atoms with Gasteiger partial charge in [0.2, 0.25) is 0 Å². The highest BCUT2D eigenvalue weighted by Gasteiger charge is 2.34. The normalized spacial score (nSPS) is 22.2. The summed E-state index contributed by atoms with van der Waals surface area (Å²) < 4.78 is 42.0. The summed E-state index contributed by atoms with van der Waals surface area (Å²) in [7, 11) is 0. The number of halogens is 4. The van der Waals surface area contributed by atoms with E-state index in [0.717, 1.165) is 29.9 Å². The van der Waals surface area contributed by atoms with Crippen molar-refractivity contribution in [3.05, 3.63) is 54.1 Å². The second-order valence-electron chi connectivity index (χ2n) is 8.61. The van der Waals surface area contributed by atoms with Crippen molar-refractivity contribution in [3.8, 4) is 11.4 Å². The van der Waals surface area contributed by atoms with Gasteiger partial charge in [-0.05, 0) is 62.9 Å². The van der Waals surface area contributed by atoms with E-state index in [2.05, 4.69) is 14.5 Å². The molecule has 0 spiro atoms. The van der Waals surface area contributed by atoms with Crippen LogP contribution in [0.25, 0.3) is 22.4 Å². The van der Waals surface area contributed by atoms with E-state index in [4.69, 9.17) is 0 Å². The number of alkyl halides is 3. The molecule has 1 unspecified atom stereocenters. The minimum atomic E-state index is -4.36. The quantitative estimate of drug-likeness (QED) is 0.460. The predicted molar refractivity (Wildman–Crippen MR) is 119 cm³/mol. The molecule has 2 aliphatic heterocycles. The van der Waals surface area contributed by atoms with Crippen molar-refractivity contribution in [3.63, 3.8) is 0 Å². The molecule has 1 aromatic heterocycles. The van der Waals surface area contributed by atoms with Crippen molar-refractivity contribution < 1.29 is 13.2 Å². The lowest BCUT2D eigenvalue weighted by Crippen LogP contribution is -2.49. The lowest BCUT2D eigenvalue weighted by molar-refractivity contribution is -0.137. The fourth-order valence-corrected chi connectivity index (χ4v) is 5.32. The van der Waals surface area contributed by atoms with Crippen LogP contribution in [0.3, 0.4) is 0 Å². The van der Waals surface area contributed by atoms with Gasteiger partial charge < -0.3 is 9.47 Å². The first-order valence-corrected chi connectivity index (χ1v) is 10.9. The van der Waals surface area contributed by atoms with E-state index in [1.807, 2.05) is 30.3 Å². The summed E-state index contributed by atoms with van der Waals surface area (Å²) in [5, 5.41) is 0. The van der Waals surface area contributed by atoms with Gasteiger partial charge in [0.05, 0.1) is 16.6 Å². The zero-order chi connectivity index (χ0) is 20.7. The molecule has 166 valence electrons. The van der Waals surface area contributed by atoms with Crippen LogP contribution in [0.1, 0.15) is 37.7 Å². The van der Waals surface area contributed by atoms with Crippen LogP contribution in [0.5, 0.6) is 0 Å². The summed E-state index contributed by atoms with van der Waals surface area (Å²) in [5.41, 5.74) is 1.50. The molecule has 3 aromatic rings. The maximum Gasteiger partial charge on any atom is 0.416 e. The number of aromatic nitrogens is 2. The van der Waals surface area contributed by atoms with Crippen LogP contribution in [-0.4, -0.2) is 33.6 Å². The van der Waals surface area contributed by atoms with E-state index < -0.39 is 11.7 Å². The molecule has 31 heavy (non-hydrogen) atoms. The van der Waals surface area contributed by atoms with Crippen molar-refractivity contribution in [2.75, 3.05) is 13.1 Å². The molecule has 3 nitrogen and oxygen atoms in total. The summed E-state index contributed by atoms with van der Waals surface area (Å²) >= 11 is 0. The van der Waals surface area contributed by atoms with Crippen molar-refractivity contribution in [1.29, 1.82) is 0 Å².